The number of aromatic nitrogens is 1. The monoisotopic (exact) mass is 298 g/mol. The number of hydrogen-bond acceptors (Lipinski definition) is 5. The molecule has 0 aromatic carbocycles. The second-order valence-corrected chi connectivity index (χ2v) is 7.17. The summed E-state index contributed by atoms with van der Waals surface area (Å²) in [5.41, 5.74) is 5.88. The summed E-state index contributed by atoms with van der Waals surface area (Å²) in [7, 11) is 1.96. The number of hydrogen-bond donors (Lipinski definition) is 2. The van der Waals surface area contributed by atoms with Crippen LogP contribution in [0.2, 0.25) is 0 Å². The van der Waals surface area contributed by atoms with Crippen LogP contribution in [-0.4, -0.2) is 30.5 Å². The quantitative estimate of drug-likeness (QED) is 0.877. The van der Waals surface area contributed by atoms with Crippen LogP contribution in [0.1, 0.15) is 50.7 Å². The standard InChI is InChI=1S/C14H26N4OS/c1-7-8-18(6)13-17-11(15)10(20-13)12(19)16-9(2)14(3,4)5/h9H,7-8,15H2,1-6H3,(H,16,19). The Labute approximate surface area is 125 Å². The number of nitrogens with two attached hydrogens (primary N) is 1. The Balaban J connectivity index is 2.84. The van der Waals surface area contributed by atoms with Gasteiger partial charge in [-0.05, 0) is 18.8 Å². The van der Waals surface area contributed by atoms with Gasteiger partial charge in [0.2, 0.25) is 0 Å². The second-order valence-electron chi connectivity index (χ2n) is 6.19. The summed E-state index contributed by atoms with van der Waals surface area (Å²) in [6, 6.07) is 0.0633. The van der Waals surface area contributed by atoms with Crippen LogP contribution < -0.4 is 16.0 Å². The molecule has 0 aliphatic heterocycles. The first-order chi connectivity index (χ1) is 9.16. The number of nitrogens with zero attached hydrogens (tertiary/aromatic N) is 2. The van der Waals surface area contributed by atoms with E-state index in [0.29, 0.717) is 10.7 Å². The molecular formula is C14H26N4OS. The summed E-state index contributed by atoms with van der Waals surface area (Å²) >= 11 is 1.35. The van der Waals surface area contributed by atoms with Gasteiger partial charge in [-0.3, -0.25) is 4.79 Å². The maximum absolute atomic E-state index is 12.3. The number of thiazole rings is 1. The van der Waals surface area contributed by atoms with Crippen LogP contribution in [0.3, 0.4) is 0 Å². The smallest absolute Gasteiger partial charge is 0.265 e. The number of amides is 1. The van der Waals surface area contributed by atoms with Gasteiger partial charge in [0.25, 0.3) is 5.91 Å². The minimum absolute atomic E-state index is 0.0109. The van der Waals surface area contributed by atoms with Crippen molar-refractivity contribution < 1.29 is 4.79 Å². The van der Waals surface area contributed by atoms with Gasteiger partial charge in [-0.15, -0.1) is 0 Å². The molecule has 114 valence electrons. The van der Waals surface area contributed by atoms with Gasteiger partial charge >= 0.3 is 0 Å². The van der Waals surface area contributed by atoms with Crippen LogP contribution in [0.15, 0.2) is 0 Å². The topological polar surface area (TPSA) is 71.2 Å². The zero-order chi connectivity index (χ0) is 15.5. The highest BCUT2D eigenvalue weighted by Gasteiger charge is 2.25. The van der Waals surface area contributed by atoms with E-state index in [-0.39, 0.29) is 17.4 Å². The van der Waals surface area contributed by atoms with Gasteiger partial charge in [0.1, 0.15) is 10.7 Å². The predicted octanol–water partition coefficient (Wildman–Crippen LogP) is 2.74. The minimum Gasteiger partial charge on any atom is -0.382 e. The van der Waals surface area contributed by atoms with Crippen LogP contribution in [0.5, 0.6) is 0 Å². The Morgan fingerprint density at radius 1 is 1.50 bits per heavy atom. The molecule has 0 spiro atoms. The van der Waals surface area contributed by atoms with E-state index in [1.165, 1.54) is 11.3 Å². The van der Waals surface area contributed by atoms with E-state index in [9.17, 15) is 4.79 Å². The number of anilines is 2. The Kier molecular flexibility index (Phi) is 5.39. The fourth-order valence-corrected chi connectivity index (χ4v) is 2.43. The van der Waals surface area contributed by atoms with Crippen molar-refractivity contribution >= 4 is 28.2 Å². The summed E-state index contributed by atoms with van der Waals surface area (Å²) < 4.78 is 0. The molecule has 1 aromatic heterocycles. The number of rotatable bonds is 5. The zero-order valence-electron chi connectivity index (χ0n) is 13.3. The van der Waals surface area contributed by atoms with Crippen LogP contribution in [0, 0.1) is 5.41 Å². The largest absolute Gasteiger partial charge is 0.382 e. The molecule has 20 heavy (non-hydrogen) atoms. The van der Waals surface area contributed by atoms with Crippen molar-refractivity contribution in [1.82, 2.24) is 10.3 Å². The van der Waals surface area contributed by atoms with Crippen molar-refractivity contribution in [3.8, 4) is 0 Å². The molecule has 1 unspecified atom stereocenters. The van der Waals surface area contributed by atoms with E-state index in [4.69, 9.17) is 5.73 Å². The Morgan fingerprint density at radius 3 is 2.60 bits per heavy atom. The van der Waals surface area contributed by atoms with E-state index < -0.39 is 0 Å². The van der Waals surface area contributed by atoms with Gasteiger partial charge in [0.05, 0.1) is 0 Å². The lowest BCUT2D eigenvalue weighted by atomic mass is 9.88. The lowest BCUT2D eigenvalue weighted by Gasteiger charge is -2.27. The fraction of sp³-hybridized carbons (Fsp3) is 0.714. The molecule has 0 bridgehead atoms. The molecule has 5 nitrogen and oxygen atoms in total. The molecule has 1 atom stereocenters. The Hall–Kier alpha value is -1.30. The average molecular weight is 298 g/mol. The third kappa shape index (κ3) is 4.10. The molecule has 3 N–H and O–H groups in total. The number of nitrogen functional groups attached to an aromatic ring is 1. The number of carbonyl (C=O) groups is 1. The van der Waals surface area contributed by atoms with Crippen LogP contribution in [-0.2, 0) is 0 Å². The second kappa shape index (κ2) is 6.43. The minimum atomic E-state index is -0.140. The first-order valence-corrected chi connectivity index (χ1v) is 7.76. The van der Waals surface area contributed by atoms with Crippen LogP contribution in [0.4, 0.5) is 10.9 Å². The van der Waals surface area contributed by atoms with E-state index in [2.05, 4.69) is 38.0 Å². The molecule has 1 rings (SSSR count). The molecule has 0 saturated heterocycles. The van der Waals surface area contributed by atoms with Crippen molar-refractivity contribution in [2.24, 2.45) is 5.41 Å². The summed E-state index contributed by atoms with van der Waals surface area (Å²) in [5.74, 6) is 0.171. The highest BCUT2D eigenvalue weighted by Crippen LogP contribution is 2.28. The Bertz CT molecular complexity index is 464. The molecule has 0 aliphatic rings. The fourth-order valence-electron chi connectivity index (χ4n) is 1.56. The third-order valence-corrected chi connectivity index (χ3v) is 4.56. The van der Waals surface area contributed by atoms with E-state index in [0.717, 1.165) is 18.1 Å². The molecule has 0 saturated carbocycles. The number of carbonyl (C=O) groups excluding carboxylic acids is 1. The van der Waals surface area contributed by atoms with Crippen molar-refractivity contribution in [2.75, 3.05) is 24.2 Å². The molecule has 0 radical (unpaired) electrons. The lowest BCUT2D eigenvalue weighted by Crippen LogP contribution is -2.41. The van der Waals surface area contributed by atoms with Gasteiger partial charge in [-0.1, -0.05) is 39.0 Å². The first kappa shape index (κ1) is 16.8. The van der Waals surface area contributed by atoms with E-state index >= 15 is 0 Å². The van der Waals surface area contributed by atoms with Crippen molar-refractivity contribution in [1.29, 1.82) is 0 Å². The normalized spacial score (nSPS) is 13.1. The molecule has 1 aromatic rings. The summed E-state index contributed by atoms with van der Waals surface area (Å²) in [4.78, 5) is 19.1. The Morgan fingerprint density at radius 2 is 2.10 bits per heavy atom. The maximum Gasteiger partial charge on any atom is 0.265 e. The van der Waals surface area contributed by atoms with Crippen LogP contribution >= 0.6 is 11.3 Å². The third-order valence-electron chi connectivity index (χ3n) is 3.38. The van der Waals surface area contributed by atoms with E-state index in [1.54, 1.807) is 0 Å². The average Bonchev–Trinajstić information content (AvgIpc) is 2.70. The summed E-state index contributed by atoms with van der Waals surface area (Å²) in [6.07, 6.45) is 1.03. The summed E-state index contributed by atoms with van der Waals surface area (Å²) in [5, 5.41) is 3.78. The predicted molar refractivity (Wildman–Crippen MR) is 86.5 cm³/mol. The van der Waals surface area contributed by atoms with Gasteiger partial charge in [-0.2, -0.15) is 0 Å². The molecule has 0 aliphatic carbocycles. The van der Waals surface area contributed by atoms with Gasteiger partial charge < -0.3 is 16.0 Å². The lowest BCUT2D eigenvalue weighted by molar-refractivity contribution is 0.0915. The first-order valence-electron chi connectivity index (χ1n) is 6.95. The summed E-state index contributed by atoms with van der Waals surface area (Å²) in [6.45, 7) is 11.3. The van der Waals surface area contributed by atoms with E-state index in [1.807, 2.05) is 18.9 Å². The molecule has 0 fully saturated rings. The molecular weight excluding hydrogens is 272 g/mol. The molecule has 6 heteroatoms. The highest BCUT2D eigenvalue weighted by atomic mass is 32.1. The molecule has 1 heterocycles. The zero-order valence-corrected chi connectivity index (χ0v) is 14.1. The SMILES string of the molecule is CCCN(C)c1nc(N)c(C(=O)NC(C)C(C)(C)C)s1. The van der Waals surface area contributed by atoms with Gasteiger partial charge in [-0.25, -0.2) is 4.98 Å². The van der Waals surface area contributed by atoms with Crippen molar-refractivity contribution in [3.05, 3.63) is 4.88 Å². The van der Waals surface area contributed by atoms with Crippen molar-refractivity contribution in [2.45, 2.75) is 47.1 Å². The molecule has 1 amide bonds. The maximum atomic E-state index is 12.3. The van der Waals surface area contributed by atoms with Gasteiger partial charge in [0, 0.05) is 19.6 Å². The highest BCUT2D eigenvalue weighted by molar-refractivity contribution is 7.18. The van der Waals surface area contributed by atoms with Crippen molar-refractivity contribution in [3.63, 3.8) is 0 Å². The van der Waals surface area contributed by atoms with Gasteiger partial charge in [0.15, 0.2) is 5.13 Å². The van der Waals surface area contributed by atoms with Crippen LogP contribution in [0.25, 0.3) is 0 Å². The number of nitrogens with one attached hydrogen (secondary N) is 1.